The van der Waals surface area contributed by atoms with E-state index in [1.54, 1.807) is 5.56 Å². The molecule has 20 heavy (non-hydrogen) atoms. The lowest BCUT2D eigenvalue weighted by atomic mass is 9.95. The van der Waals surface area contributed by atoms with Gasteiger partial charge in [-0.05, 0) is 49.4 Å². The summed E-state index contributed by atoms with van der Waals surface area (Å²) in [6, 6.07) is 7.53. The van der Waals surface area contributed by atoms with Crippen molar-refractivity contribution in [1.82, 2.24) is 5.32 Å². The average Bonchev–Trinajstić information content (AvgIpc) is 2.47. The smallest absolute Gasteiger partial charge is 0.0399 e. The molecule has 1 N–H and O–H groups in total. The molecule has 1 aromatic rings. The van der Waals surface area contributed by atoms with Crippen LogP contribution in [0.3, 0.4) is 0 Å². The number of fused-ring (bicyclic) bond motifs is 1. The zero-order valence-electron chi connectivity index (χ0n) is 13.6. The first-order chi connectivity index (χ1) is 9.65. The summed E-state index contributed by atoms with van der Waals surface area (Å²) < 4.78 is 0. The Morgan fingerprint density at radius 3 is 2.75 bits per heavy atom. The Labute approximate surface area is 124 Å². The molecule has 0 bridgehead atoms. The van der Waals surface area contributed by atoms with Crippen LogP contribution >= 0.6 is 0 Å². The number of anilines is 1. The predicted octanol–water partition coefficient (Wildman–Crippen LogP) is 4.16. The van der Waals surface area contributed by atoms with E-state index in [4.69, 9.17) is 0 Å². The number of nitrogens with one attached hydrogen (secondary N) is 1. The van der Waals surface area contributed by atoms with Gasteiger partial charge in [-0.15, -0.1) is 0 Å². The molecule has 0 aromatic heterocycles. The van der Waals surface area contributed by atoms with Gasteiger partial charge in [0.15, 0.2) is 0 Å². The number of rotatable bonds is 6. The molecule has 2 atom stereocenters. The van der Waals surface area contributed by atoms with Gasteiger partial charge in [0.1, 0.15) is 0 Å². The van der Waals surface area contributed by atoms with Gasteiger partial charge in [0, 0.05) is 24.8 Å². The largest absolute Gasteiger partial charge is 0.371 e. The van der Waals surface area contributed by atoms with E-state index in [2.05, 4.69) is 56.1 Å². The Kier molecular flexibility index (Phi) is 5.47. The van der Waals surface area contributed by atoms with Crippen molar-refractivity contribution in [1.29, 1.82) is 0 Å². The van der Waals surface area contributed by atoms with Crippen LogP contribution in [0.25, 0.3) is 0 Å². The van der Waals surface area contributed by atoms with Gasteiger partial charge in [0.05, 0.1) is 0 Å². The van der Waals surface area contributed by atoms with Gasteiger partial charge in [-0.1, -0.05) is 39.3 Å². The van der Waals surface area contributed by atoms with Crippen LogP contribution in [0.15, 0.2) is 18.2 Å². The van der Waals surface area contributed by atoms with Crippen molar-refractivity contribution >= 4 is 5.69 Å². The fourth-order valence-corrected chi connectivity index (χ4v) is 3.08. The molecule has 0 saturated heterocycles. The molecule has 2 unspecified atom stereocenters. The number of nitrogens with zero attached hydrogens (tertiary/aromatic N) is 1. The van der Waals surface area contributed by atoms with Crippen molar-refractivity contribution in [2.75, 3.05) is 24.5 Å². The van der Waals surface area contributed by atoms with Crippen LogP contribution in [-0.4, -0.2) is 19.6 Å². The second-order valence-corrected chi connectivity index (χ2v) is 6.23. The van der Waals surface area contributed by atoms with Gasteiger partial charge in [0.25, 0.3) is 0 Å². The predicted molar refractivity (Wildman–Crippen MR) is 88.5 cm³/mol. The third kappa shape index (κ3) is 3.54. The summed E-state index contributed by atoms with van der Waals surface area (Å²) in [4.78, 5) is 2.59. The molecular formula is C18H30N2. The minimum absolute atomic E-state index is 0.454. The van der Waals surface area contributed by atoms with Gasteiger partial charge in [-0.3, -0.25) is 0 Å². The molecule has 112 valence electrons. The molecule has 1 aromatic carbocycles. The molecular weight excluding hydrogens is 244 g/mol. The molecule has 0 radical (unpaired) electrons. The Hall–Kier alpha value is -1.02. The summed E-state index contributed by atoms with van der Waals surface area (Å²) in [5.41, 5.74) is 4.45. The third-order valence-electron chi connectivity index (χ3n) is 4.56. The van der Waals surface area contributed by atoms with Crippen molar-refractivity contribution in [2.24, 2.45) is 5.92 Å². The Bertz CT molecular complexity index is 427. The van der Waals surface area contributed by atoms with Crippen LogP contribution in [0.5, 0.6) is 0 Å². The number of hydrogen-bond donors (Lipinski definition) is 1. The number of aryl methyl sites for hydroxylation is 1. The zero-order valence-corrected chi connectivity index (χ0v) is 13.6. The molecule has 0 amide bonds. The first-order valence-electron chi connectivity index (χ1n) is 8.26. The summed E-state index contributed by atoms with van der Waals surface area (Å²) in [5.74, 6) is 0.779. The Balaban J connectivity index is 2.17. The fraction of sp³-hybridized carbons (Fsp3) is 0.667. The van der Waals surface area contributed by atoms with Gasteiger partial charge >= 0.3 is 0 Å². The second kappa shape index (κ2) is 7.12. The van der Waals surface area contributed by atoms with Crippen LogP contribution in [0.1, 0.15) is 57.7 Å². The topological polar surface area (TPSA) is 15.3 Å². The van der Waals surface area contributed by atoms with E-state index in [1.165, 1.54) is 43.6 Å². The third-order valence-corrected chi connectivity index (χ3v) is 4.56. The Morgan fingerprint density at radius 1 is 1.25 bits per heavy atom. The molecule has 2 nitrogen and oxygen atoms in total. The van der Waals surface area contributed by atoms with Crippen molar-refractivity contribution in [2.45, 2.75) is 53.0 Å². The van der Waals surface area contributed by atoms with Crippen molar-refractivity contribution < 1.29 is 0 Å². The first kappa shape index (κ1) is 15.4. The highest BCUT2D eigenvalue weighted by Crippen LogP contribution is 2.30. The van der Waals surface area contributed by atoms with E-state index < -0.39 is 0 Å². The molecule has 2 heteroatoms. The second-order valence-electron chi connectivity index (χ2n) is 6.23. The van der Waals surface area contributed by atoms with Crippen molar-refractivity contribution in [3.63, 3.8) is 0 Å². The quantitative estimate of drug-likeness (QED) is 0.838. The van der Waals surface area contributed by atoms with E-state index in [0.717, 1.165) is 12.5 Å². The summed E-state index contributed by atoms with van der Waals surface area (Å²) in [6.45, 7) is 12.5. The molecule has 1 aliphatic rings. The molecule has 0 fully saturated rings. The molecule has 0 saturated carbocycles. The monoisotopic (exact) mass is 274 g/mol. The van der Waals surface area contributed by atoms with E-state index in [-0.39, 0.29) is 0 Å². The van der Waals surface area contributed by atoms with Crippen molar-refractivity contribution in [3.8, 4) is 0 Å². The van der Waals surface area contributed by atoms with Crippen LogP contribution in [0.2, 0.25) is 0 Å². The van der Waals surface area contributed by atoms with Gasteiger partial charge < -0.3 is 10.2 Å². The number of benzene rings is 1. The summed E-state index contributed by atoms with van der Waals surface area (Å²) in [6.07, 6.45) is 3.79. The SMILES string of the molecule is CCNC(C)c1ccc2c(c1)CCCN2CC(C)CC. The standard InChI is InChI=1S/C18H30N2/c1-5-14(3)13-20-11-7-8-17-12-16(9-10-18(17)20)15(4)19-6-2/h9-10,12,14-15,19H,5-8,11,13H2,1-4H3. The fourth-order valence-electron chi connectivity index (χ4n) is 3.08. The average molecular weight is 274 g/mol. The highest BCUT2D eigenvalue weighted by molar-refractivity contribution is 5.57. The minimum Gasteiger partial charge on any atom is -0.371 e. The highest BCUT2D eigenvalue weighted by atomic mass is 15.1. The van der Waals surface area contributed by atoms with Crippen LogP contribution < -0.4 is 10.2 Å². The lowest BCUT2D eigenvalue weighted by Crippen LogP contribution is -2.33. The normalized spacial score (nSPS) is 17.7. The van der Waals surface area contributed by atoms with Crippen LogP contribution in [0.4, 0.5) is 5.69 Å². The molecule has 1 aliphatic heterocycles. The minimum atomic E-state index is 0.454. The van der Waals surface area contributed by atoms with Gasteiger partial charge in [-0.25, -0.2) is 0 Å². The molecule has 2 rings (SSSR count). The van der Waals surface area contributed by atoms with Crippen LogP contribution in [0, 0.1) is 5.92 Å². The lowest BCUT2D eigenvalue weighted by molar-refractivity contribution is 0.529. The van der Waals surface area contributed by atoms with E-state index in [9.17, 15) is 0 Å². The highest BCUT2D eigenvalue weighted by Gasteiger charge is 2.19. The number of hydrogen-bond acceptors (Lipinski definition) is 2. The summed E-state index contributed by atoms with van der Waals surface area (Å²) in [7, 11) is 0. The maximum absolute atomic E-state index is 3.51. The van der Waals surface area contributed by atoms with E-state index >= 15 is 0 Å². The zero-order chi connectivity index (χ0) is 14.5. The van der Waals surface area contributed by atoms with Crippen LogP contribution in [-0.2, 0) is 6.42 Å². The molecule has 0 spiro atoms. The first-order valence-corrected chi connectivity index (χ1v) is 8.26. The van der Waals surface area contributed by atoms with Crippen molar-refractivity contribution in [3.05, 3.63) is 29.3 Å². The summed E-state index contributed by atoms with van der Waals surface area (Å²) in [5, 5.41) is 3.51. The molecule has 1 heterocycles. The summed E-state index contributed by atoms with van der Waals surface area (Å²) >= 11 is 0. The maximum Gasteiger partial charge on any atom is 0.0399 e. The van der Waals surface area contributed by atoms with Gasteiger partial charge in [0.2, 0.25) is 0 Å². The maximum atomic E-state index is 3.51. The molecule has 0 aliphatic carbocycles. The van der Waals surface area contributed by atoms with E-state index in [0.29, 0.717) is 6.04 Å². The lowest BCUT2D eigenvalue weighted by Gasteiger charge is -2.34. The Morgan fingerprint density at radius 2 is 2.05 bits per heavy atom. The van der Waals surface area contributed by atoms with E-state index in [1.807, 2.05) is 0 Å². The van der Waals surface area contributed by atoms with Gasteiger partial charge in [-0.2, -0.15) is 0 Å².